The van der Waals surface area contributed by atoms with E-state index in [1.165, 1.54) is 5.69 Å². The molecule has 1 aliphatic heterocycles. The zero-order valence-corrected chi connectivity index (χ0v) is 21.1. The van der Waals surface area contributed by atoms with Gasteiger partial charge >= 0.3 is 0 Å². The van der Waals surface area contributed by atoms with Crippen molar-refractivity contribution < 1.29 is 4.79 Å². The number of aromatic nitrogens is 3. The number of hydrogen-bond donors (Lipinski definition) is 3. The average molecular weight is 495 g/mol. The van der Waals surface area contributed by atoms with Crippen molar-refractivity contribution in [1.29, 1.82) is 0 Å². The summed E-state index contributed by atoms with van der Waals surface area (Å²) < 4.78 is 0. The Balaban J connectivity index is 1.01. The predicted molar refractivity (Wildman–Crippen MR) is 147 cm³/mol. The average Bonchev–Trinajstić information content (AvgIpc) is 3.43. The van der Waals surface area contributed by atoms with Gasteiger partial charge in [0.2, 0.25) is 5.91 Å². The summed E-state index contributed by atoms with van der Waals surface area (Å²) in [6.07, 6.45) is 3.45. The summed E-state index contributed by atoms with van der Waals surface area (Å²) in [6, 6.07) is 29.0. The third kappa shape index (κ3) is 7.05. The van der Waals surface area contributed by atoms with Crippen LogP contribution in [0.15, 0.2) is 84.9 Å². The van der Waals surface area contributed by atoms with E-state index < -0.39 is 0 Å². The Kier molecular flexibility index (Phi) is 8.23. The molecule has 5 rings (SSSR count). The molecule has 7 heteroatoms. The second-order valence-electron chi connectivity index (χ2n) is 9.54. The molecule has 1 aliphatic rings. The minimum atomic E-state index is 0.0464. The van der Waals surface area contributed by atoms with E-state index >= 15 is 0 Å². The molecule has 3 aromatic carbocycles. The van der Waals surface area contributed by atoms with Gasteiger partial charge in [0.25, 0.3) is 0 Å². The lowest BCUT2D eigenvalue weighted by atomic mass is 10.0. The fourth-order valence-electron chi connectivity index (χ4n) is 4.73. The lowest BCUT2D eigenvalue weighted by molar-refractivity contribution is -0.120. The summed E-state index contributed by atoms with van der Waals surface area (Å²) in [7, 11) is 0. The number of nitrogens with one attached hydrogen (secondary N) is 3. The number of hydrogen-bond acceptors (Lipinski definition) is 5. The second kappa shape index (κ2) is 12.3. The van der Waals surface area contributed by atoms with Gasteiger partial charge in [0, 0.05) is 49.9 Å². The summed E-state index contributed by atoms with van der Waals surface area (Å²) in [4.78, 5) is 19.4. The first-order chi connectivity index (χ1) is 18.2. The number of H-pyrrole nitrogens is 1. The van der Waals surface area contributed by atoms with Gasteiger partial charge in [-0.25, -0.2) is 4.98 Å². The monoisotopic (exact) mass is 494 g/mol. The highest BCUT2D eigenvalue weighted by atomic mass is 16.1. The smallest absolute Gasteiger partial charge is 0.224 e. The highest BCUT2D eigenvalue weighted by molar-refractivity contribution is 5.78. The van der Waals surface area contributed by atoms with Gasteiger partial charge in [-0.3, -0.25) is 9.89 Å². The van der Waals surface area contributed by atoms with Crippen molar-refractivity contribution in [3.63, 3.8) is 0 Å². The first-order valence-corrected chi connectivity index (χ1v) is 13.1. The van der Waals surface area contributed by atoms with Gasteiger partial charge in [-0.1, -0.05) is 72.8 Å². The Morgan fingerprint density at radius 1 is 0.892 bits per heavy atom. The minimum Gasteiger partial charge on any atom is -0.371 e. The number of benzene rings is 3. The fraction of sp³-hybridized carbons (Fsp3) is 0.300. The van der Waals surface area contributed by atoms with Gasteiger partial charge < -0.3 is 15.5 Å². The third-order valence-electron chi connectivity index (χ3n) is 6.85. The molecule has 0 atom stereocenters. The Labute approximate surface area is 218 Å². The summed E-state index contributed by atoms with van der Waals surface area (Å²) >= 11 is 0. The third-order valence-corrected chi connectivity index (χ3v) is 6.85. The topological polar surface area (TPSA) is 85.9 Å². The van der Waals surface area contributed by atoms with Crippen molar-refractivity contribution in [1.82, 2.24) is 25.8 Å². The van der Waals surface area contributed by atoms with E-state index in [0.717, 1.165) is 67.2 Å². The molecule has 2 heterocycles. The molecule has 1 amide bonds. The van der Waals surface area contributed by atoms with Crippen LogP contribution >= 0.6 is 0 Å². The number of carbonyl (C=O) groups is 1. The van der Waals surface area contributed by atoms with Crippen molar-refractivity contribution in [3.8, 4) is 11.4 Å². The van der Waals surface area contributed by atoms with E-state index in [1.54, 1.807) is 0 Å². The first-order valence-electron chi connectivity index (χ1n) is 13.1. The molecule has 0 radical (unpaired) electrons. The zero-order chi connectivity index (χ0) is 25.3. The molecule has 0 saturated carbocycles. The van der Waals surface area contributed by atoms with Crippen molar-refractivity contribution in [2.75, 3.05) is 24.5 Å². The van der Waals surface area contributed by atoms with Crippen LogP contribution in [0.2, 0.25) is 0 Å². The van der Waals surface area contributed by atoms with Crippen LogP contribution in [0.25, 0.3) is 11.4 Å². The van der Waals surface area contributed by atoms with Gasteiger partial charge in [0.1, 0.15) is 5.82 Å². The lowest BCUT2D eigenvalue weighted by Gasteiger charge is -2.34. The summed E-state index contributed by atoms with van der Waals surface area (Å²) in [6.45, 7) is 3.49. The maximum Gasteiger partial charge on any atom is 0.224 e. The van der Waals surface area contributed by atoms with E-state index in [4.69, 9.17) is 0 Å². The van der Waals surface area contributed by atoms with Crippen molar-refractivity contribution in [2.45, 2.75) is 38.3 Å². The van der Waals surface area contributed by atoms with Crippen LogP contribution in [0.3, 0.4) is 0 Å². The molecule has 0 unspecified atom stereocenters. The van der Waals surface area contributed by atoms with E-state index in [-0.39, 0.29) is 5.91 Å². The van der Waals surface area contributed by atoms with E-state index in [9.17, 15) is 4.79 Å². The van der Waals surface area contributed by atoms with E-state index in [2.05, 4.69) is 55.0 Å². The van der Waals surface area contributed by atoms with E-state index in [1.807, 2.05) is 60.7 Å². The Hall–Kier alpha value is -3.97. The first kappa shape index (κ1) is 24.7. The molecule has 1 fully saturated rings. The van der Waals surface area contributed by atoms with Crippen LogP contribution in [0.5, 0.6) is 0 Å². The van der Waals surface area contributed by atoms with Crippen LogP contribution in [-0.4, -0.2) is 46.8 Å². The Bertz CT molecular complexity index is 1250. The molecule has 1 saturated heterocycles. The SMILES string of the molecule is O=C(Cc1ccc(N2CCC(NCCc3nc(-c4ccccc4)n[nH]3)CC2)cc1)NCc1ccccc1. The summed E-state index contributed by atoms with van der Waals surface area (Å²) in [5.74, 6) is 1.71. The number of aromatic amines is 1. The molecule has 4 aromatic rings. The number of anilines is 1. The largest absolute Gasteiger partial charge is 0.371 e. The van der Waals surface area contributed by atoms with Crippen molar-refractivity contribution in [2.24, 2.45) is 0 Å². The van der Waals surface area contributed by atoms with Crippen LogP contribution in [0, 0.1) is 0 Å². The predicted octanol–water partition coefficient (Wildman–Crippen LogP) is 4.13. The molecule has 0 spiro atoms. The molecular weight excluding hydrogens is 460 g/mol. The highest BCUT2D eigenvalue weighted by Crippen LogP contribution is 2.21. The zero-order valence-electron chi connectivity index (χ0n) is 21.1. The number of piperidine rings is 1. The fourth-order valence-corrected chi connectivity index (χ4v) is 4.73. The minimum absolute atomic E-state index is 0.0464. The van der Waals surface area contributed by atoms with Crippen LogP contribution in [0.1, 0.15) is 29.8 Å². The van der Waals surface area contributed by atoms with Crippen LogP contribution < -0.4 is 15.5 Å². The quantitative estimate of drug-likeness (QED) is 0.309. The highest BCUT2D eigenvalue weighted by Gasteiger charge is 2.19. The second-order valence-corrected chi connectivity index (χ2v) is 9.54. The number of amides is 1. The maximum atomic E-state index is 12.3. The van der Waals surface area contributed by atoms with Crippen molar-refractivity contribution >= 4 is 11.6 Å². The van der Waals surface area contributed by atoms with Crippen LogP contribution in [0.4, 0.5) is 5.69 Å². The molecule has 7 nitrogen and oxygen atoms in total. The molecule has 1 aromatic heterocycles. The van der Waals surface area contributed by atoms with Gasteiger partial charge in [0.15, 0.2) is 5.82 Å². The molecule has 37 heavy (non-hydrogen) atoms. The molecule has 0 bridgehead atoms. The molecule has 190 valence electrons. The van der Waals surface area contributed by atoms with Gasteiger partial charge in [0.05, 0.1) is 6.42 Å². The number of carbonyl (C=O) groups excluding carboxylic acids is 1. The summed E-state index contributed by atoms with van der Waals surface area (Å²) in [5, 5.41) is 14.1. The standard InChI is InChI=1S/C30H34N6O/c37-29(32-22-24-7-3-1-4-8-24)21-23-11-13-27(14-12-23)36-19-16-26(17-20-36)31-18-15-28-33-30(35-34-28)25-9-5-2-6-10-25/h1-14,26,31H,15-22H2,(H,32,37)(H,33,34,35). The van der Waals surface area contributed by atoms with E-state index in [0.29, 0.717) is 19.0 Å². The molecule has 3 N–H and O–H groups in total. The Morgan fingerprint density at radius 3 is 2.32 bits per heavy atom. The molecular formula is C30H34N6O. The van der Waals surface area contributed by atoms with Gasteiger partial charge in [-0.15, -0.1) is 0 Å². The number of nitrogens with zero attached hydrogens (tertiary/aromatic N) is 3. The summed E-state index contributed by atoms with van der Waals surface area (Å²) in [5.41, 5.74) is 4.40. The van der Waals surface area contributed by atoms with Gasteiger partial charge in [-0.2, -0.15) is 5.10 Å². The maximum absolute atomic E-state index is 12.3. The Morgan fingerprint density at radius 2 is 1.59 bits per heavy atom. The molecule has 0 aliphatic carbocycles. The number of rotatable bonds is 10. The lowest BCUT2D eigenvalue weighted by Crippen LogP contribution is -2.43. The van der Waals surface area contributed by atoms with Crippen molar-refractivity contribution in [3.05, 3.63) is 102 Å². The van der Waals surface area contributed by atoms with Crippen LogP contribution in [-0.2, 0) is 24.2 Å². The normalized spacial score (nSPS) is 14.0. The van der Waals surface area contributed by atoms with Gasteiger partial charge in [-0.05, 0) is 36.1 Å².